The number of nitrogens with zero attached hydrogens (tertiary/aromatic N) is 1. The molecule has 112 valence electrons. The van der Waals surface area contributed by atoms with E-state index in [0.717, 1.165) is 33.7 Å². The Kier molecular flexibility index (Phi) is 3.20. The van der Waals surface area contributed by atoms with Crippen LogP contribution in [0.2, 0.25) is 0 Å². The van der Waals surface area contributed by atoms with Gasteiger partial charge in [-0.15, -0.1) is 0 Å². The first-order valence-electron chi connectivity index (χ1n) is 7.29. The molecule has 4 nitrogen and oxygen atoms in total. The summed E-state index contributed by atoms with van der Waals surface area (Å²) >= 11 is 0. The van der Waals surface area contributed by atoms with Gasteiger partial charge < -0.3 is 9.52 Å². The number of H-pyrrole nitrogens is 1. The van der Waals surface area contributed by atoms with Gasteiger partial charge in [-0.05, 0) is 42.0 Å². The van der Waals surface area contributed by atoms with Crippen LogP contribution >= 0.6 is 0 Å². The highest BCUT2D eigenvalue weighted by atomic mass is 16.3. The van der Waals surface area contributed by atoms with E-state index in [1.807, 2.05) is 60.7 Å². The molecule has 0 radical (unpaired) electrons. The van der Waals surface area contributed by atoms with Gasteiger partial charge in [-0.3, -0.25) is 5.10 Å². The zero-order valence-electron chi connectivity index (χ0n) is 12.2. The molecule has 23 heavy (non-hydrogen) atoms. The van der Waals surface area contributed by atoms with Gasteiger partial charge in [-0.2, -0.15) is 5.10 Å². The molecule has 0 bridgehead atoms. The van der Waals surface area contributed by atoms with E-state index in [4.69, 9.17) is 4.42 Å². The minimum atomic E-state index is 0.260. The topological polar surface area (TPSA) is 62.1 Å². The summed E-state index contributed by atoms with van der Waals surface area (Å²) in [5, 5.41) is 17.6. The molecule has 4 rings (SSSR count). The summed E-state index contributed by atoms with van der Waals surface area (Å²) in [4.78, 5) is 0. The maximum atomic E-state index is 9.28. The monoisotopic (exact) mass is 302 g/mol. The molecular formula is C19H14N2O2. The van der Waals surface area contributed by atoms with Gasteiger partial charge in [0, 0.05) is 5.39 Å². The van der Waals surface area contributed by atoms with Crippen LogP contribution in [-0.4, -0.2) is 15.3 Å². The highest BCUT2D eigenvalue weighted by Crippen LogP contribution is 2.27. The van der Waals surface area contributed by atoms with Crippen molar-refractivity contribution < 1.29 is 9.52 Å². The lowest BCUT2D eigenvalue weighted by Gasteiger charge is -1.93. The van der Waals surface area contributed by atoms with Crippen LogP contribution in [0, 0.1) is 0 Å². The molecule has 0 saturated heterocycles. The van der Waals surface area contributed by atoms with E-state index in [2.05, 4.69) is 10.2 Å². The average molecular weight is 302 g/mol. The third-order valence-corrected chi connectivity index (χ3v) is 3.62. The normalized spacial score (nSPS) is 11.5. The summed E-state index contributed by atoms with van der Waals surface area (Å²) in [5.74, 6) is 1.00. The van der Waals surface area contributed by atoms with E-state index in [0.29, 0.717) is 0 Å². The fourth-order valence-corrected chi connectivity index (χ4v) is 2.43. The van der Waals surface area contributed by atoms with Crippen LogP contribution in [-0.2, 0) is 0 Å². The Morgan fingerprint density at radius 3 is 2.61 bits per heavy atom. The second-order valence-corrected chi connectivity index (χ2v) is 5.28. The van der Waals surface area contributed by atoms with Gasteiger partial charge in [-0.25, -0.2) is 0 Å². The standard InChI is InChI=1S/C19H14N2O2/c22-16-9-6-13(7-10-16)5-8-15-12-17(21-20-15)19-11-14-3-1-2-4-18(14)23-19/h1-12,22H,(H,20,21)/b8-5+. The van der Waals surface area contributed by atoms with E-state index in [1.165, 1.54) is 0 Å². The van der Waals surface area contributed by atoms with Crippen molar-refractivity contribution in [1.82, 2.24) is 10.2 Å². The lowest BCUT2D eigenvalue weighted by molar-refractivity contribution is 0.475. The van der Waals surface area contributed by atoms with E-state index in [9.17, 15) is 5.11 Å². The Morgan fingerprint density at radius 1 is 0.957 bits per heavy atom. The van der Waals surface area contributed by atoms with Crippen LogP contribution in [0.1, 0.15) is 11.3 Å². The molecule has 0 amide bonds. The van der Waals surface area contributed by atoms with Crippen LogP contribution in [0.4, 0.5) is 0 Å². The Hall–Kier alpha value is -3.27. The fraction of sp³-hybridized carbons (Fsp3) is 0. The lowest BCUT2D eigenvalue weighted by atomic mass is 10.2. The molecule has 0 spiro atoms. The molecule has 0 aliphatic heterocycles. The number of hydrogen-bond acceptors (Lipinski definition) is 3. The molecule has 2 N–H and O–H groups in total. The van der Waals surface area contributed by atoms with E-state index >= 15 is 0 Å². The highest BCUT2D eigenvalue weighted by molar-refractivity contribution is 5.82. The van der Waals surface area contributed by atoms with Crippen molar-refractivity contribution in [3.05, 3.63) is 71.9 Å². The van der Waals surface area contributed by atoms with Crippen LogP contribution in [0.5, 0.6) is 5.75 Å². The van der Waals surface area contributed by atoms with Crippen molar-refractivity contribution in [2.45, 2.75) is 0 Å². The molecule has 4 aromatic rings. The first kappa shape index (κ1) is 13.4. The Morgan fingerprint density at radius 2 is 1.78 bits per heavy atom. The lowest BCUT2D eigenvalue weighted by Crippen LogP contribution is -1.73. The molecule has 2 aromatic heterocycles. The zero-order valence-corrected chi connectivity index (χ0v) is 12.2. The zero-order chi connectivity index (χ0) is 15.6. The van der Waals surface area contributed by atoms with Crippen molar-refractivity contribution in [3.63, 3.8) is 0 Å². The van der Waals surface area contributed by atoms with Crippen molar-refractivity contribution in [2.75, 3.05) is 0 Å². The Balaban J connectivity index is 1.59. The van der Waals surface area contributed by atoms with Crippen molar-refractivity contribution in [1.29, 1.82) is 0 Å². The first-order valence-corrected chi connectivity index (χ1v) is 7.29. The van der Waals surface area contributed by atoms with Gasteiger partial charge in [0.1, 0.15) is 17.0 Å². The molecule has 0 saturated carbocycles. The van der Waals surface area contributed by atoms with Crippen LogP contribution in [0.15, 0.2) is 65.1 Å². The third kappa shape index (κ3) is 2.74. The number of phenols is 1. The smallest absolute Gasteiger partial charge is 0.155 e. The van der Waals surface area contributed by atoms with Gasteiger partial charge >= 0.3 is 0 Å². The molecule has 4 heteroatoms. The molecule has 0 unspecified atom stereocenters. The maximum absolute atomic E-state index is 9.28. The first-order chi connectivity index (χ1) is 11.3. The van der Waals surface area contributed by atoms with Crippen molar-refractivity contribution in [3.8, 4) is 17.2 Å². The summed E-state index contributed by atoms with van der Waals surface area (Å²) in [6.07, 6.45) is 3.89. The highest BCUT2D eigenvalue weighted by Gasteiger charge is 2.08. The quantitative estimate of drug-likeness (QED) is 0.576. The number of fused-ring (bicyclic) bond motifs is 1. The molecule has 2 heterocycles. The minimum absolute atomic E-state index is 0.260. The van der Waals surface area contributed by atoms with Gasteiger partial charge in [0.05, 0.1) is 5.69 Å². The minimum Gasteiger partial charge on any atom is -0.508 e. The van der Waals surface area contributed by atoms with Crippen molar-refractivity contribution in [2.24, 2.45) is 0 Å². The maximum Gasteiger partial charge on any atom is 0.155 e. The summed E-state index contributed by atoms with van der Waals surface area (Å²) in [5.41, 5.74) is 3.51. The van der Waals surface area contributed by atoms with Crippen LogP contribution < -0.4 is 0 Å². The molecule has 2 aromatic carbocycles. The van der Waals surface area contributed by atoms with E-state index in [-0.39, 0.29) is 5.75 Å². The summed E-state index contributed by atoms with van der Waals surface area (Å²) in [7, 11) is 0. The second-order valence-electron chi connectivity index (χ2n) is 5.28. The molecule has 0 atom stereocenters. The number of hydrogen-bond donors (Lipinski definition) is 2. The number of aromatic amines is 1. The number of nitrogens with one attached hydrogen (secondary N) is 1. The van der Waals surface area contributed by atoms with Gasteiger partial charge in [0.2, 0.25) is 0 Å². The molecule has 0 aliphatic rings. The average Bonchev–Trinajstić information content (AvgIpc) is 3.21. The number of phenolic OH excluding ortho intramolecular Hbond substituents is 1. The number of benzene rings is 2. The third-order valence-electron chi connectivity index (χ3n) is 3.62. The van der Waals surface area contributed by atoms with Crippen molar-refractivity contribution >= 4 is 23.1 Å². The Bertz CT molecular complexity index is 945. The van der Waals surface area contributed by atoms with Crippen LogP contribution in [0.25, 0.3) is 34.6 Å². The van der Waals surface area contributed by atoms with Gasteiger partial charge in [0.25, 0.3) is 0 Å². The largest absolute Gasteiger partial charge is 0.508 e. The number of rotatable bonds is 3. The molecule has 0 fully saturated rings. The predicted molar refractivity (Wildman–Crippen MR) is 90.8 cm³/mol. The van der Waals surface area contributed by atoms with Gasteiger partial charge in [0.15, 0.2) is 5.76 Å². The fourth-order valence-electron chi connectivity index (χ4n) is 2.43. The second kappa shape index (κ2) is 5.50. The van der Waals surface area contributed by atoms with Crippen LogP contribution in [0.3, 0.4) is 0 Å². The molecule has 0 aliphatic carbocycles. The number of aromatic nitrogens is 2. The summed E-state index contributed by atoms with van der Waals surface area (Å²) in [6.45, 7) is 0. The summed E-state index contributed by atoms with van der Waals surface area (Å²) in [6, 6.07) is 18.8. The SMILES string of the molecule is Oc1ccc(/C=C/c2cc(-c3cc4ccccc4o3)n[nH]2)cc1. The van der Waals surface area contributed by atoms with E-state index < -0.39 is 0 Å². The number of para-hydroxylation sites is 1. The number of aromatic hydroxyl groups is 1. The van der Waals surface area contributed by atoms with E-state index in [1.54, 1.807) is 12.1 Å². The molecular weight excluding hydrogens is 288 g/mol. The summed E-state index contributed by atoms with van der Waals surface area (Å²) < 4.78 is 5.81. The van der Waals surface area contributed by atoms with Gasteiger partial charge in [-0.1, -0.05) is 36.4 Å². The Labute approximate surface area is 132 Å². The number of furan rings is 1. The predicted octanol–water partition coefficient (Wildman–Crippen LogP) is 4.70.